The molecule has 0 saturated carbocycles. The Labute approximate surface area is 81.3 Å². The molecule has 1 aliphatic rings. The van der Waals surface area contributed by atoms with E-state index in [4.69, 9.17) is 5.11 Å². The van der Waals surface area contributed by atoms with Gasteiger partial charge in [0.05, 0.1) is 6.54 Å². The van der Waals surface area contributed by atoms with Crippen LogP contribution in [-0.4, -0.2) is 17.6 Å². The highest BCUT2D eigenvalue weighted by atomic mass is 16.3. The summed E-state index contributed by atoms with van der Waals surface area (Å²) in [6.07, 6.45) is 1.81. The molecule has 1 aromatic carbocycles. The van der Waals surface area contributed by atoms with Gasteiger partial charge in [0.2, 0.25) is 5.91 Å². The van der Waals surface area contributed by atoms with Crippen molar-refractivity contribution in [1.82, 2.24) is 10.6 Å². The van der Waals surface area contributed by atoms with Gasteiger partial charge in [-0.15, -0.1) is 0 Å². The summed E-state index contributed by atoms with van der Waals surface area (Å²) in [7, 11) is 0. The first-order valence-corrected chi connectivity index (χ1v) is 4.28. The molecule has 0 atom stereocenters. The van der Waals surface area contributed by atoms with Crippen LogP contribution in [-0.2, 0) is 4.79 Å². The molecule has 0 aromatic heterocycles. The van der Waals surface area contributed by atoms with Gasteiger partial charge in [0.15, 0.2) is 0 Å². The summed E-state index contributed by atoms with van der Waals surface area (Å²) in [4.78, 5) is 10.8. The zero-order valence-corrected chi connectivity index (χ0v) is 7.45. The summed E-state index contributed by atoms with van der Waals surface area (Å²) in [5.41, 5.74) is 0.924. The molecule has 4 nitrogen and oxygen atoms in total. The number of carbonyl (C=O) groups excluding carboxylic acids is 1. The summed E-state index contributed by atoms with van der Waals surface area (Å²) in [5.74, 6) is 0.895. The summed E-state index contributed by atoms with van der Waals surface area (Å²) >= 11 is 0. The minimum absolute atomic E-state index is 0.0324. The number of rotatable bonds is 1. The van der Waals surface area contributed by atoms with Gasteiger partial charge in [-0.2, -0.15) is 0 Å². The van der Waals surface area contributed by atoms with Gasteiger partial charge in [-0.25, -0.2) is 0 Å². The van der Waals surface area contributed by atoms with Crippen LogP contribution in [0.2, 0.25) is 0 Å². The SMILES string of the molecule is O=C1CNC(=Cc2ccc(O)cc2)N1. The van der Waals surface area contributed by atoms with Gasteiger partial charge in [0.25, 0.3) is 0 Å². The normalized spacial score (nSPS) is 18.0. The van der Waals surface area contributed by atoms with Crippen LogP contribution in [0.1, 0.15) is 5.56 Å². The second-order valence-electron chi connectivity index (χ2n) is 3.05. The Hall–Kier alpha value is -1.97. The number of hydrogen-bond acceptors (Lipinski definition) is 3. The smallest absolute Gasteiger partial charge is 0.244 e. The summed E-state index contributed by atoms with van der Waals surface area (Å²) in [6, 6.07) is 6.75. The van der Waals surface area contributed by atoms with Gasteiger partial charge in [0, 0.05) is 0 Å². The molecule has 2 rings (SSSR count). The summed E-state index contributed by atoms with van der Waals surface area (Å²) in [6.45, 7) is 0.323. The van der Waals surface area contributed by atoms with Crippen LogP contribution >= 0.6 is 0 Å². The standard InChI is InChI=1S/C10H10N2O2/c13-8-3-1-7(2-4-8)5-9-11-6-10(14)12-9/h1-5,11,13H,6H2,(H,12,14). The Balaban J connectivity index is 2.17. The van der Waals surface area contributed by atoms with Crippen LogP contribution < -0.4 is 10.6 Å². The Bertz CT molecular complexity index is 382. The van der Waals surface area contributed by atoms with E-state index in [0.717, 1.165) is 5.56 Å². The number of phenols is 1. The third kappa shape index (κ3) is 1.85. The maximum absolute atomic E-state index is 10.8. The van der Waals surface area contributed by atoms with Crippen molar-refractivity contribution in [1.29, 1.82) is 0 Å². The lowest BCUT2D eigenvalue weighted by atomic mass is 10.2. The van der Waals surface area contributed by atoms with E-state index in [9.17, 15) is 4.79 Å². The average Bonchev–Trinajstić information content (AvgIpc) is 2.56. The molecular formula is C10H10N2O2. The molecule has 1 fully saturated rings. The minimum atomic E-state index is -0.0324. The first-order chi connectivity index (χ1) is 6.74. The molecule has 0 radical (unpaired) electrons. The van der Waals surface area contributed by atoms with Gasteiger partial charge >= 0.3 is 0 Å². The van der Waals surface area contributed by atoms with E-state index < -0.39 is 0 Å². The Morgan fingerprint density at radius 1 is 1.29 bits per heavy atom. The second-order valence-corrected chi connectivity index (χ2v) is 3.05. The molecule has 4 heteroatoms. The third-order valence-corrected chi connectivity index (χ3v) is 1.92. The Kier molecular flexibility index (Phi) is 2.10. The van der Waals surface area contributed by atoms with Gasteiger partial charge < -0.3 is 15.7 Å². The van der Waals surface area contributed by atoms with Crippen LogP contribution in [0.3, 0.4) is 0 Å². The highest BCUT2D eigenvalue weighted by molar-refractivity contribution is 5.84. The maximum atomic E-state index is 10.8. The fourth-order valence-corrected chi connectivity index (χ4v) is 1.24. The van der Waals surface area contributed by atoms with Crippen molar-refractivity contribution < 1.29 is 9.90 Å². The molecule has 0 aliphatic carbocycles. The first-order valence-electron chi connectivity index (χ1n) is 4.28. The summed E-state index contributed by atoms with van der Waals surface area (Å²) in [5, 5.41) is 14.6. The van der Waals surface area contributed by atoms with Crippen LogP contribution in [0.15, 0.2) is 30.1 Å². The number of benzene rings is 1. The molecule has 72 valence electrons. The maximum Gasteiger partial charge on any atom is 0.244 e. The summed E-state index contributed by atoms with van der Waals surface area (Å²) < 4.78 is 0. The molecule has 0 bridgehead atoms. The number of carbonyl (C=O) groups is 1. The van der Waals surface area contributed by atoms with E-state index in [1.165, 1.54) is 0 Å². The molecule has 0 spiro atoms. The lowest BCUT2D eigenvalue weighted by Crippen LogP contribution is -2.13. The van der Waals surface area contributed by atoms with E-state index >= 15 is 0 Å². The van der Waals surface area contributed by atoms with Crippen molar-refractivity contribution in [2.24, 2.45) is 0 Å². The van der Waals surface area contributed by atoms with E-state index in [1.807, 2.05) is 6.08 Å². The van der Waals surface area contributed by atoms with Crippen molar-refractivity contribution in [2.75, 3.05) is 6.54 Å². The van der Waals surface area contributed by atoms with Crippen molar-refractivity contribution in [3.63, 3.8) is 0 Å². The molecule has 14 heavy (non-hydrogen) atoms. The minimum Gasteiger partial charge on any atom is -0.508 e. The highest BCUT2D eigenvalue weighted by Gasteiger charge is 2.11. The molecule has 3 N–H and O–H groups in total. The Morgan fingerprint density at radius 3 is 2.57 bits per heavy atom. The lowest BCUT2D eigenvalue weighted by Gasteiger charge is -1.98. The number of nitrogens with one attached hydrogen (secondary N) is 2. The Morgan fingerprint density at radius 2 is 2.00 bits per heavy atom. The van der Waals surface area contributed by atoms with Gasteiger partial charge in [0.1, 0.15) is 11.6 Å². The van der Waals surface area contributed by atoms with E-state index in [1.54, 1.807) is 24.3 Å². The predicted molar refractivity (Wildman–Crippen MR) is 52.2 cm³/mol. The quantitative estimate of drug-likeness (QED) is 0.601. The van der Waals surface area contributed by atoms with Crippen molar-refractivity contribution >= 4 is 12.0 Å². The number of amides is 1. The van der Waals surface area contributed by atoms with E-state index in [0.29, 0.717) is 12.4 Å². The monoisotopic (exact) mass is 190 g/mol. The van der Waals surface area contributed by atoms with E-state index in [2.05, 4.69) is 10.6 Å². The molecule has 1 aromatic rings. The zero-order chi connectivity index (χ0) is 9.97. The zero-order valence-electron chi connectivity index (χ0n) is 7.45. The van der Waals surface area contributed by atoms with Gasteiger partial charge in [-0.1, -0.05) is 12.1 Å². The highest BCUT2D eigenvalue weighted by Crippen LogP contribution is 2.11. The molecule has 1 amide bonds. The predicted octanol–water partition coefficient (Wildman–Crippen LogP) is 0.410. The third-order valence-electron chi connectivity index (χ3n) is 1.92. The average molecular weight is 190 g/mol. The van der Waals surface area contributed by atoms with Crippen molar-refractivity contribution in [2.45, 2.75) is 0 Å². The molecule has 1 aliphatic heterocycles. The molecule has 0 unspecified atom stereocenters. The molecule has 1 saturated heterocycles. The van der Waals surface area contributed by atoms with Crippen LogP contribution in [0.25, 0.3) is 6.08 Å². The first kappa shape index (κ1) is 8.62. The topological polar surface area (TPSA) is 61.4 Å². The fourth-order valence-electron chi connectivity index (χ4n) is 1.24. The van der Waals surface area contributed by atoms with Crippen LogP contribution in [0.4, 0.5) is 0 Å². The van der Waals surface area contributed by atoms with Gasteiger partial charge in [-0.05, 0) is 23.8 Å². The molecule has 1 heterocycles. The fraction of sp³-hybridized carbons (Fsp3) is 0.100. The van der Waals surface area contributed by atoms with Crippen molar-refractivity contribution in [3.8, 4) is 5.75 Å². The number of hydrogen-bond donors (Lipinski definition) is 3. The van der Waals surface area contributed by atoms with Gasteiger partial charge in [-0.3, -0.25) is 4.79 Å². The number of phenolic OH excluding ortho intramolecular Hbond substituents is 1. The number of aromatic hydroxyl groups is 1. The van der Waals surface area contributed by atoms with Crippen molar-refractivity contribution in [3.05, 3.63) is 35.6 Å². The largest absolute Gasteiger partial charge is 0.508 e. The molecular weight excluding hydrogens is 180 g/mol. The lowest BCUT2D eigenvalue weighted by molar-refractivity contribution is -0.117. The van der Waals surface area contributed by atoms with Crippen LogP contribution in [0, 0.1) is 0 Å². The van der Waals surface area contributed by atoms with Crippen LogP contribution in [0.5, 0.6) is 5.75 Å². The van der Waals surface area contributed by atoms with E-state index in [-0.39, 0.29) is 11.7 Å². The second kappa shape index (κ2) is 3.41.